The van der Waals surface area contributed by atoms with Gasteiger partial charge in [0.25, 0.3) is 0 Å². The molecule has 0 bridgehead atoms. The summed E-state index contributed by atoms with van der Waals surface area (Å²) in [6.07, 6.45) is 1.98. The SMILES string of the molecule is COc1ccc(CCn2c(CCCO)nc3cc(C(=O)O)ccc32)cc1OC. The third kappa shape index (κ3) is 4.09. The summed E-state index contributed by atoms with van der Waals surface area (Å²) in [5.74, 6) is 1.23. The molecule has 7 heteroatoms. The molecule has 0 fully saturated rings. The van der Waals surface area contributed by atoms with Crippen LogP contribution < -0.4 is 9.47 Å². The molecule has 0 amide bonds. The molecule has 0 aliphatic rings. The maximum atomic E-state index is 11.2. The summed E-state index contributed by atoms with van der Waals surface area (Å²) in [6, 6.07) is 10.8. The van der Waals surface area contributed by atoms with Crippen molar-refractivity contribution in [2.24, 2.45) is 0 Å². The summed E-state index contributed by atoms with van der Waals surface area (Å²) < 4.78 is 12.7. The van der Waals surface area contributed by atoms with Crippen molar-refractivity contribution >= 4 is 17.0 Å². The molecular weight excluding hydrogens is 360 g/mol. The molecule has 7 nitrogen and oxygen atoms in total. The maximum absolute atomic E-state index is 11.2. The van der Waals surface area contributed by atoms with Crippen LogP contribution in [0.1, 0.15) is 28.2 Å². The Kier molecular flexibility index (Phi) is 6.16. The number of ether oxygens (including phenoxy) is 2. The Morgan fingerprint density at radius 2 is 1.86 bits per heavy atom. The highest BCUT2D eigenvalue weighted by Gasteiger charge is 2.14. The lowest BCUT2D eigenvalue weighted by molar-refractivity contribution is 0.0697. The number of aryl methyl sites for hydroxylation is 3. The van der Waals surface area contributed by atoms with E-state index in [1.54, 1.807) is 32.4 Å². The maximum Gasteiger partial charge on any atom is 0.335 e. The Hall–Kier alpha value is -3.06. The van der Waals surface area contributed by atoms with Crippen LogP contribution in [0.3, 0.4) is 0 Å². The second-order valence-corrected chi connectivity index (χ2v) is 6.45. The molecule has 1 heterocycles. The number of aliphatic hydroxyl groups excluding tert-OH is 1. The molecule has 0 saturated carbocycles. The molecule has 0 aliphatic heterocycles. The molecule has 2 N–H and O–H groups in total. The van der Waals surface area contributed by atoms with Gasteiger partial charge in [0.2, 0.25) is 0 Å². The van der Waals surface area contributed by atoms with Gasteiger partial charge in [0.15, 0.2) is 11.5 Å². The number of carboxylic acid groups (broad SMARTS) is 1. The van der Waals surface area contributed by atoms with Gasteiger partial charge in [-0.1, -0.05) is 6.07 Å². The van der Waals surface area contributed by atoms with E-state index in [2.05, 4.69) is 9.55 Å². The standard InChI is InChI=1S/C21H24N2O5/c1-27-18-8-5-14(12-19(18)28-2)9-10-23-17-7-6-15(21(25)26)13-16(17)22-20(23)4-3-11-24/h5-8,12-13,24H,3-4,9-11H2,1-2H3,(H,25,26). The van der Waals surface area contributed by atoms with Crippen LogP contribution in [-0.2, 0) is 19.4 Å². The van der Waals surface area contributed by atoms with Gasteiger partial charge in [-0.3, -0.25) is 0 Å². The molecule has 0 atom stereocenters. The Bertz CT molecular complexity index is 980. The first kappa shape index (κ1) is 19.7. The fraction of sp³-hybridized carbons (Fsp3) is 0.333. The van der Waals surface area contributed by atoms with Gasteiger partial charge in [-0.05, 0) is 48.7 Å². The number of aliphatic hydroxyl groups is 1. The summed E-state index contributed by atoms with van der Waals surface area (Å²) in [5, 5.41) is 18.4. The molecule has 0 aliphatic carbocycles. The van der Waals surface area contributed by atoms with Crippen molar-refractivity contribution in [1.29, 1.82) is 0 Å². The van der Waals surface area contributed by atoms with Crippen LogP contribution >= 0.6 is 0 Å². The first-order valence-electron chi connectivity index (χ1n) is 9.11. The number of aromatic carboxylic acids is 1. The van der Waals surface area contributed by atoms with Crippen LogP contribution in [0.5, 0.6) is 11.5 Å². The summed E-state index contributed by atoms with van der Waals surface area (Å²) in [5.41, 5.74) is 2.85. The number of rotatable bonds is 9. The van der Waals surface area contributed by atoms with Crippen LogP contribution in [0.4, 0.5) is 0 Å². The molecular formula is C21H24N2O5. The van der Waals surface area contributed by atoms with E-state index in [-0.39, 0.29) is 12.2 Å². The van der Waals surface area contributed by atoms with E-state index in [1.807, 2.05) is 18.2 Å². The molecule has 2 aromatic carbocycles. The zero-order chi connectivity index (χ0) is 20.1. The minimum Gasteiger partial charge on any atom is -0.493 e. The van der Waals surface area contributed by atoms with Crippen molar-refractivity contribution in [1.82, 2.24) is 9.55 Å². The smallest absolute Gasteiger partial charge is 0.335 e. The van der Waals surface area contributed by atoms with Gasteiger partial charge in [-0.2, -0.15) is 0 Å². The van der Waals surface area contributed by atoms with Gasteiger partial charge >= 0.3 is 5.97 Å². The number of carboxylic acids is 1. The van der Waals surface area contributed by atoms with E-state index in [9.17, 15) is 15.0 Å². The molecule has 148 valence electrons. The van der Waals surface area contributed by atoms with Gasteiger partial charge in [-0.15, -0.1) is 0 Å². The van der Waals surface area contributed by atoms with Crippen LogP contribution in [-0.4, -0.2) is 46.6 Å². The molecule has 0 radical (unpaired) electrons. The van der Waals surface area contributed by atoms with E-state index in [0.29, 0.717) is 36.4 Å². The third-order valence-corrected chi connectivity index (χ3v) is 4.70. The first-order chi connectivity index (χ1) is 13.6. The number of hydrogen-bond donors (Lipinski definition) is 2. The van der Waals surface area contributed by atoms with E-state index < -0.39 is 5.97 Å². The highest BCUT2D eigenvalue weighted by molar-refractivity contribution is 5.92. The summed E-state index contributed by atoms with van der Waals surface area (Å²) >= 11 is 0. The molecule has 3 rings (SSSR count). The Labute approximate surface area is 163 Å². The normalized spacial score (nSPS) is 11.0. The van der Waals surface area contributed by atoms with Crippen LogP contribution in [0, 0.1) is 0 Å². The van der Waals surface area contributed by atoms with E-state index >= 15 is 0 Å². The van der Waals surface area contributed by atoms with Gasteiger partial charge < -0.3 is 24.3 Å². The zero-order valence-electron chi connectivity index (χ0n) is 16.0. The van der Waals surface area contributed by atoms with Crippen molar-refractivity contribution in [3.05, 3.63) is 53.3 Å². The molecule has 0 unspecified atom stereocenters. The number of methoxy groups -OCH3 is 2. The highest BCUT2D eigenvalue weighted by Crippen LogP contribution is 2.28. The largest absolute Gasteiger partial charge is 0.493 e. The Morgan fingerprint density at radius 3 is 2.54 bits per heavy atom. The average molecular weight is 384 g/mol. The van der Waals surface area contributed by atoms with Gasteiger partial charge in [0.05, 0.1) is 30.8 Å². The Morgan fingerprint density at radius 1 is 1.07 bits per heavy atom. The van der Waals surface area contributed by atoms with E-state index in [4.69, 9.17) is 9.47 Å². The molecule has 28 heavy (non-hydrogen) atoms. The number of imidazole rings is 1. The second-order valence-electron chi connectivity index (χ2n) is 6.45. The van der Waals surface area contributed by atoms with Crippen molar-refractivity contribution in [2.45, 2.75) is 25.8 Å². The monoisotopic (exact) mass is 384 g/mol. The summed E-state index contributed by atoms with van der Waals surface area (Å²) in [6.45, 7) is 0.762. The quantitative estimate of drug-likeness (QED) is 0.589. The van der Waals surface area contributed by atoms with Gasteiger partial charge in [0.1, 0.15) is 5.82 Å². The lowest BCUT2D eigenvalue weighted by atomic mass is 10.1. The van der Waals surface area contributed by atoms with Crippen LogP contribution in [0.2, 0.25) is 0 Å². The second kappa shape index (κ2) is 8.75. The fourth-order valence-corrected chi connectivity index (χ4v) is 3.27. The number of hydrogen-bond acceptors (Lipinski definition) is 5. The topological polar surface area (TPSA) is 93.8 Å². The number of fused-ring (bicyclic) bond motifs is 1. The van der Waals surface area contributed by atoms with Gasteiger partial charge in [0, 0.05) is 19.6 Å². The third-order valence-electron chi connectivity index (χ3n) is 4.70. The predicted octanol–water partition coefficient (Wildman–Crippen LogP) is 2.92. The lowest BCUT2D eigenvalue weighted by Gasteiger charge is -2.12. The number of benzene rings is 2. The van der Waals surface area contributed by atoms with Crippen molar-refractivity contribution in [2.75, 3.05) is 20.8 Å². The number of carbonyl (C=O) groups is 1. The Balaban J connectivity index is 1.91. The van der Waals surface area contributed by atoms with Gasteiger partial charge in [-0.25, -0.2) is 9.78 Å². The van der Waals surface area contributed by atoms with Crippen LogP contribution in [0.15, 0.2) is 36.4 Å². The zero-order valence-corrected chi connectivity index (χ0v) is 16.0. The summed E-state index contributed by atoms with van der Waals surface area (Å²) in [4.78, 5) is 15.9. The van der Waals surface area contributed by atoms with E-state index in [1.165, 1.54) is 0 Å². The first-order valence-corrected chi connectivity index (χ1v) is 9.11. The molecule has 0 saturated heterocycles. The highest BCUT2D eigenvalue weighted by atomic mass is 16.5. The van der Waals surface area contributed by atoms with Crippen LogP contribution in [0.25, 0.3) is 11.0 Å². The minimum absolute atomic E-state index is 0.0826. The lowest BCUT2D eigenvalue weighted by Crippen LogP contribution is -2.07. The molecule has 0 spiro atoms. The molecule has 1 aromatic heterocycles. The number of nitrogens with zero attached hydrogens (tertiary/aromatic N) is 2. The van der Waals surface area contributed by atoms with E-state index in [0.717, 1.165) is 23.3 Å². The fourth-order valence-electron chi connectivity index (χ4n) is 3.27. The molecule has 3 aromatic rings. The number of aromatic nitrogens is 2. The van der Waals surface area contributed by atoms with Crippen molar-refractivity contribution in [3.8, 4) is 11.5 Å². The predicted molar refractivity (Wildman–Crippen MR) is 105 cm³/mol. The van der Waals surface area contributed by atoms with Crippen molar-refractivity contribution in [3.63, 3.8) is 0 Å². The average Bonchev–Trinajstić information content (AvgIpc) is 3.06. The summed E-state index contributed by atoms with van der Waals surface area (Å²) in [7, 11) is 3.21. The van der Waals surface area contributed by atoms with Crippen molar-refractivity contribution < 1.29 is 24.5 Å². The minimum atomic E-state index is -0.973.